The van der Waals surface area contributed by atoms with Crippen LogP contribution in [0.25, 0.3) is 0 Å². The topological polar surface area (TPSA) is 9.23 Å². The smallest absolute Gasteiger partial charge is 0.338 e. The maximum Gasteiger partial charge on any atom is 0.445 e. The molecule has 1 nitrogen and oxygen atoms in total. The summed E-state index contributed by atoms with van der Waals surface area (Å²) in [6, 6.07) is 0. The average molecular weight is 188 g/mol. The number of rotatable bonds is 3. The van der Waals surface area contributed by atoms with Gasteiger partial charge in [0.1, 0.15) is 0 Å². The van der Waals surface area contributed by atoms with E-state index in [1.165, 1.54) is 0 Å². The first-order valence-electron chi connectivity index (χ1n) is 2.86. The van der Waals surface area contributed by atoms with E-state index in [9.17, 15) is 17.6 Å². The molecule has 0 rings (SSSR count). The third-order valence-electron chi connectivity index (χ3n) is 0.923. The van der Waals surface area contributed by atoms with Crippen LogP contribution in [0, 0.1) is 0 Å². The summed E-state index contributed by atoms with van der Waals surface area (Å²) in [4.78, 5) is 0. The van der Waals surface area contributed by atoms with Crippen LogP contribution in [0.5, 0.6) is 0 Å². The Hall–Kier alpha value is -0.363. The third-order valence-corrected chi connectivity index (χ3v) is 1.67. The second-order valence-electron chi connectivity index (χ2n) is 1.93. The van der Waals surface area contributed by atoms with Gasteiger partial charge in [-0.15, -0.1) is 6.58 Å². The van der Waals surface area contributed by atoms with Crippen LogP contribution < -0.4 is 0 Å². The lowest BCUT2D eigenvalue weighted by atomic mass is 10.6. The molecule has 0 aliphatic heterocycles. The lowest BCUT2D eigenvalue weighted by molar-refractivity contribution is -0.265. The summed E-state index contributed by atoms with van der Waals surface area (Å²) in [6.45, 7) is 3.17. The van der Waals surface area contributed by atoms with Gasteiger partial charge in [-0.2, -0.15) is 13.2 Å². The molecule has 66 valence electrons. The zero-order valence-corrected chi connectivity index (χ0v) is 7.86. The molecule has 0 amide bonds. The number of alkyl halides is 4. The third kappa shape index (κ3) is 4.15. The molecular weight excluding hydrogens is 180 g/mol. The molecule has 0 heterocycles. The summed E-state index contributed by atoms with van der Waals surface area (Å²) < 4.78 is 50.2. The van der Waals surface area contributed by atoms with Gasteiger partial charge in [-0.1, -0.05) is 6.08 Å². The zero-order chi connectivity index (χ0) is 9.07. The van der Waals surface area contributed by atoms with Gasteiger partial charge >= 0.3 is 6.18 Å². The van der Waals surface area contributed by atoms with Crippen LogP contribution in [-0.2, 0) is 4.74 Å². The van der Waals surface area contributed by atoms with Gasteiger partial charge in [0.05, 0.1) is 5.73 Å². The molecule has 0 N–H and O–H groups in total. The summed E-state index contributed by atoms with van der Waals surface area (Å²) >= 11 is 0. The van der Waals surface area contributed by atoms with Gasteiger partial charge in [-0.05, 0) is 0 Å². The molecule has 0 bridgehead atoms. The summed E-state index contributed by atoms with van der Waals surface area (Å²) in [5, 5.41) is 0. The average Bonchev–Trinajstić information content (AvgIpc) is 1.85. The van der Waals surface area contributed by atoms with E-state index >= 15 is 0 Å². The molecule has 0 saturated carbocycles. The number of hydrogen-bond donors (Lipinski definition) is 0. The zero-order valence-electron chi connectivity index (χ0n) is 5.86. The maximum atomic E-state index is 12.0. The molecule has 11 heavy (non-hydrogen) atoms. The van der Waals surface area contributed by atoms with Gasteiger partial charge in [0.25, 0.3) is 6.36 Å². The molecule has 0 aromatic heterocycles. The highest BCUT2D eigenvalue weighted by Gasteiger charge is 2.41. The van der Waals surface area contributed by atoms with Crippen LogP contribution in [0.2, 0.25) is 0 Å². The Morgan fingerprint density at radius 1 is 1.45 bits per heavy atom. The minimum atomic E-state index is -4.92. The fraction of sp³-hybridized carbons (Fsp3) is 0.600. The number of ether oxygens (including phenoxy) is 1. The molecular formula is C5H8F4OSi. The van der Waals surface area contributed by atoms with Gasteiger partial charge in [0, 0.05) is 10.2 Å². The molecule has 6 heteroatoms. The molecule has 0 aromatic carbocycles. The molecule has 0 aliphatic carbocycles. The Kier molecular flexibility index (Phi) is 3.74. The Morgan fingerprint density at radius 3 is 2.18 bits per heavy atom. The van der Waals surface area contributed by atoms with Crippen LogP contribution in [0.4, 0.5) is 17.6 Å². The predicted molar refractivity (Wildman–Crippen MR) is 36.0 cm³/mol. The standard InChI is InChI=1S/C5H8F4OSi/c1-2-3(11)10-4(6)5(7,8)9/h2-4H,1H2,11H3. The van der Waals surface area contributed by atoms with Crippen LogP contribution in [0.15, 0.2) is 12.7 Å². The maximum absolute atomic E-state index is 12.0. The van der Waals surface area contributed by atoms with E-state index in [4.69, 9.17) is 0 Å². The molecule has 0 radical (unpaired) electrons. The molecule has 0 fully saturated rings. The monoisotopic (exact) mass is 188 g/mol. The van der Waals surface area contributed by atoms with E-state index in [2.05, 4.69) is 11.3 Å². The second kappa shape index (κ2) is 3.87. The van der Waals surface area contributed by atoms with E-state index in [1.54, 1.807) is 0 Å². The summed E-state index contributed by atoms with van der Waals surface area (Å²) in [5.74, 6) is 0. The fourth-order valence-corrected chi connectivity index (χ4v) is 0.560. The SMILES string of the molecule is C=CC([SiH3])OC(F)C(F)(F)F. The normalized spacial score (nSPS) is 17.8. The highest BCUT2D eigenvalue weighted by Crippen LogP contribution is 2.24. The fourth-order valence-electron chi connectivity index (χ4n) is 0.321. The Balaban J connectivity index is 3.87. The van der Waals surface area contributed by atoms with E-state index in [1.807, 2.05) is 0 Å². The Bertz CT molecular complexity index is 135. The first kappa shape index (κ1) is 10.6. The molecule has 0 spiro atoms. The summed E-state index contributed by atoms with van der Waals surface area (Å²) in [6.07, 6.45) is -6.97. The van der Waals surface area contributed by atoms with Crippen molar-refractivity contribution in [2.24, 2.45) is 0 Å². The highest BCUT2D eigenvalue weighted by atomic mass is 28.1. The minimum Gasteiger partial charge on any atom is -0.338 e. The van der Waals surface area contributed by atoms with Crippen LogP contribution in [0.1, 0.15) is 0 Å². The highest BCUT2D eigenvalue weighted by molar-refractivity contribution is 6.12. The number of halogens is 4. The Morgan fingerprint density at radius 2 is 1.91 bits per heavy atom. The largest absolute Gasteiger partial charge is 0.445 e. The van der Waals surface area contributed by atoms with Crippen LogP contribution in [0.3, 0.4) is 0 Å². The van der Waals surface area contributed by atoms with Crippen molar-refractivity contribution in [3.05, 3.63) is 12.7 Å². The van der Waals surface area contributed by atoms with Crippen LogP contribution in [-0.4, -0.2) is 28.5 Å². The van der Waals surface area contributed by atoms with Crippen molar-refractivity contribution in [3.8, 4) is 0 Å². The van der Waals surface area contributed by atoms with Crippen LogP contribution >= 0.6 is 0 Å². The first-order chi connectivity index (χ1) is 4.88. The van der Waals surface area contributed by atoms with E-state index in [0.29, 0.717) is 10.2 Å². The van der Waals surface area contributed by atoms with Crippen molar-refractivity contribution in [1.29, 1.82) is 0 Å². The molecule has 0 aromatic rings. The molecule has 2 atom stereocenters. The summed E-state index contributed by atoms with van der Waals surface area (Å²) in [5.41, 5.74) is -0.799. The number of hydrogen-bond acceptors (Lipinski definition) is 1. The van der Waals surface area contributed by atoms with Crippen molar-refractivity contribution in [1.82, 2.24) is 0 Å². The van der Waals surface area contributed by atoms with E-state index < -0.39 is 18.3 Å². The van der Waals surface area contributed by atoms with Gasteiger partial charge in [0.2, 0.25) is 0 Å². The van der Waals surface area contributed by atoms with E-state index in [0.717, 1.165) is 6.08 Å². The van der Waals surface area contributed by atoms with Crippen molar-refractivity contribution in [3.63, 3.8) is 0 Å². The van der Waals surface area contributed by atoms with Crippen molar-refractivity contribution in [2.45, 2.75) is 18.3 Å². The summed E-state index contributed by atoms with van der Waals surface area (Å²) in [7, 11) is 0.291. The first-order valence-corrected chi connectivity index (χ1v) is 4.02. The predicted octanol–water partition coefficient (Wildman–Crippen LogP) is 0.738. The van der Waals surface area contributed by atoms with Crippen molar-refractivity contribution < 1.29 is 22.3 Å². The second-order valence-corrected chi connectivity index (χ2v) is 3.07. The van der Waals surface area contributed by atoms with Crippen molar-refractivity contribution >= 4 is 10.2 Å². The minimum absolute atomic E-state index is 0.291. The molecule has 0 aliphatic rings. The van der Waals surface area contributed by atoms with E-state index in [-0.39, 0.29) is 0 Å². The lowest BCUT2D eigenvalue weighted by Crippen LogP contribution is -2.31. The van der Waals surface area contributed by atoms with Gasteiger partial charge < -0.3 is 4.74 Å². The van der Waals surface area contributed by atoms with Gasteiger partial charge in [-0.3, -0.25) is 0 Å². The van der Waals surface area contributed by atoms with Gasteiger partial charge in [-0.25, -0.2) is 4.39 Å². The molecule has 0 saturated heterocycles. The Labute approximate surface area is 64.5 Å². The van der Waals surface area contributed by atoms with Crippen molar-refractivity contribution in [2.75, 3.05) is 0 Å². The molecule has 2 unspecified atom stereocenters. The van der Waals surface area contributed by atoms with Gasteiger partial charge in [0.15, 0.2) is 0 Å². The quantitative estimate of drug-likeness (QED) is 0.360. The lowest BCUT2D eigenvalue weighted by Gasteiger charge is -2.15.